The maximum absolute atomic E-state index is 13.8. The van der Waals surface area contributed by atoms with Crippen molar-refractivity contribution in [2.24, 2.45) is 0 Å². The van der Waals surface area contributed by atoms with E-state index in [0.29, 0.717) is 24.3 Å². The second-order valence-electron chi connectivity index (χ2n) is 9.82. The summed E-state index contributed by atoms with van der Waals surface area (Å²) in [4.78, 5) is 29.3. The maximum Gasteiger partial charge on any atom is 0.222 e. The quantitative estimate of drug-likeness (QED) is 0.314. The smallest absolute Gasteiger partial charge is 0.222 e. The van der Waals surface area contributed by atoms with Crippen LogP contribution in [0.5, 0.6) is 5.75 Å². The van der Waals surface area contributed by atoms with Crippen LogP contribution in [0.15, 0.2) is 42.5 Å². The number of likely N-dealkylation sites (tertiary alicyclic amines) is 1. The number of rotatable bonds is 6. The molecule has 0 spiro atoms. The Hall–Kier alpha value is -2.66. The number of aromatic hydroxyl groups is 1. The van der Waals surface area contributed by atoms with Crippen molar-refractivity contribution in [3.8, 4) is 5.75 Å². The predicted molar refractivity (Wildman–Crippen MR) is 138 cm³/mol. The number of phenolic OH excluding ortho intramolecular Hbond substituents is 1. The average molecular weight is 476 g/mol. The van der Waals surface area contributed by atoms with E-state index in [1.165, 1.54) is 30.6 Å². The Morgan fingerprint density at radius 1 is 0.912 bits per heavy atom. The van der Waals surface area contributed by atoms with E-state index in [9.17, 15) is 14.7 Å². The molecule has 2 heterocycles. The molecule has 0 unspecified atom stereocenters. The summed E-state index contributed by atoms with van der Waals surface area (Å²) in [5.41, 5.74) is 2.61. The third kappa shape index (κ3) is 4.90. The van der Waals surface area contributed by atoms with Gasteiger partial charge in [-0.15, -0.1) is 11.3 Å². The van der Waals surface area contributed by atoms with Gasteiger partial charge in [-0.25, -0.2) is 0 Å². The fourth-order valence-electron chi connectivity index (χ4n) is 5.51. The molecule has 2 aromatic carbocycles. The second kappa shape index (κ2) is 10.3. The van der Waals surface area contributed by atoms with Gasteiger partial charge in [0.25, 0.3) is 0 Å². The molecule has 4 nitrogen and oxygen atoms in total. The first-order valence-electron chi connectivity index (χ1n) is 12.8. The van der Waals surface area contributed by atoms with Crippen molar-refractivity contribution in [3.63, 3.8) is 0 Å². The van der Waals surface area contributed by atoms with Crippen molar-refractivity contribution in [2.75, 3.05) is 13.1 Å². The van der Waals surface area contributed by atoms with Crippen LogP contribution in [-0.4, -0.2) is 34.8 Å². The first kappa shape index (κ1) is 23.1. The number of hydrogen-bond acceptors (Lipinski definition) is 4. The molecular weight excluding hydrogens is 442 g/mol. The Morgan fingerprint density at radius 3 is 2.32 bits per heavy atom. The fourth-order valence-corrected chi connectivity index (χ4v) is 6.91. The van der Waals surface area contributed by atoms with E-state index in [4.69, 9.17) is 0 Å². The van der Waals surface area contributed by atoms with Gasteiger partial charge in [0, 0.05) is 45.6 Å². The van der Waals surface area contributed by atoms with E-state index in [2.05, 4.69) is 0 Å². The third-order valence-corrected chi connectivity index (χ3v) is 8.77. The topological polar surface area (TPSA) is 57.6 Å². The minimum Gasteiger partial charge on any atom is -0.508 e. The molecule has 5 rings (SSSR count). The van der Waals surface area contributed by atoms with Crippen molar-refractivity contribution in [1.82, 2.24) is 4.90 Å². The zero-order valence-corrected chi connectivity index (χ0v) is 20.5. The van der Waals surface area contributed by atoms with Crippen molar-refractivity contribution in [2.45, 2.75) is 70.1 Å². The first-order valence-corrected chi connectivity index (χ1v) is 13.6. The molecule has 5 heteroatoms. The third-order valence-electron chi connectivity index (χ3n) is 7.46. The Morgan fingerprint density at radius 2 is 1.62 bits per heavy atom. The number of thiophene rings is 1. The lowest BCUT2D eigenvalue weighted by Gasteiger charge is -2.15. The van der Waals surface area contributed by atoms with Crippen molar-refractivity contribution in [1.29, 1.82) is 0 Å². The molecule has 178 valence electrons. The molecule has 34 heavy (non-hydrogen) atoms. The number of amides is 1. The fraction of sp³-hybridized carbons (Fsp3) is 0.448. The molecular formula is C29H33NO3S. The number of aryl methyl sites for hydroxylation is 1. The van der Waals surface area contributed by atoms with Crippen LogP contribution in [0, 0.1) is 0 Å². The highest BCUT2D eigenvalue weighted by molar-refractivity contribution is 7.19. The molecule has 0 radical (unpaired) electrons. The van der Waals surface area contributed by atoms with Gasteiger partial charge in [-0.1, -0.05) is 49.9 Å². The Kier molecular flexibility index (Phi) is 7.00. The van der Waals surface area contributed by atoms with Crippen LogP contribution in [0.1, 0.15) is 90.1 Å². The number of phenols is 1. The van der Waals surface area contributed by atoms with Gasteiger partial charge in [-0.3, -0.25) is 9.59 Å². The molecule has 0 atom stereocenters. The standard InChI is InChI=1S/C29H33NO3S/c31-23-14-15-24-25(19-23)34-29(22-7-3-1-2-4-8-22)27(24)28(33)21-12-9-20(10-13-21)11-16-26(32)30-17-5-6-18-30/h9-10,12-15,19,22,31H,1-8,11,16-18H2. The van der Waals surface area contributed by atoms with Gasteiger partial charge in [0.15, 0.2) is 5.78 Å². The highest BCUT2D eigenvalue weighted by Crippen LogP contribution is 2.43. The minimum absolute atomic E-state index is 0.0656. The van der Waals surface area contributed by atoms with Crippen LogP contribution in [0.2, 0.25) is 0 Å². The van der Waals surface area contributed by atoms with Crippen LogP contribution in [-0.2, 0) is 11.2 Å². The lowest BCUT2D eigenvalue weighted by molar-refractivity contribution is -0.130. The molecule has 1 saturated carbocycles. The molecule has 2 aliphatic rings. The van der Waals surface area contributed by atoms with E-state index in [-0.39, 0.29) is 17.4 Å². The van der Waals surface area contributed by atoms with Crippen LogP contribution in [0.25, 0.3) is 10.1 Å². The van der Waals surface area contributed by atoms with Crippen LogP contribution >= 0.6 is 11.3 Å². The maximum atomic E-state index is 13.8. The monoisotopic (exact) mass is 475 g/mol. The number of benzene rings is 2. The Bertz CT molecular complexity index is 1170. The number of nitrogens with zero attached hydrogens (tertiary/aromatic N) is 1. The molecule has 0 bridgehead atoms. The highest BCUT2D eigenvalue weighted by Gasteiger charge is 2.26. The highest BCUT2D eigenvalue weighted by atomic mass is 32.1. The first-order chi connectivity index (χ1) is 16.6. The summed E-state index contributed by atoms with van der Waals surface area (Å²) in [7, 11) is 0. The number of ketones is 1. The SMILES string of the molecule is O=C(c1ccc(CCC(=O)N2CCCC2)cc1)c1c(C2CCCCCC2)sc2cc(O)ccc12. The molecule has 1 aliphatic heterocycles. The predicted octanol–water partition coefficient (Wildman–Crippen LogP) is 6.83. The summed E-state index contributed by atoms with van der Waals surface area (Å²) < 4.78 is 0.986. The van der Waals surface area contributed by atoms with E-state index < -0.39 is 0 Å². The van der Waals surface area contributed by atoms with Gasteiger partial charge in [0.05, 0.1) is 0 Å². The average Bonchev–Trinajstić information content (AvgIpc) is 3.43. The number of hydrogen-bond donors (Lipinski definition) is 1. The molecule has 2 fully saturated rings. The summed E-state index contributed by atoms with van der Waals surface area (Å²) in [5.74, 6) is 0.958. The molecule has 1 saturated heterocycles. The van der Waals surface area contributed by atoms with E-state index in [0.717, 1.165) is 60.0 Å². The number of carbonyl (C=O) groups excluding carboxylic acids is 2. The second-order valence-corrected chi connectivity index (χ2v) is 10.9. The lowest BCUT2D eigenvalue weighted by atomic mass is 9.91. The molecule has 3 aromatic rings. The van der Waals surface area contributed by atoms with Crippen molar-refractivity contribution >= 4 is 33.1 Å². The summed E-state index contributed by atoms with van der Waals surface area (Å²) in [6.45, 7) is 1.78. The van der Waals surface area contributed by atoms with E-state index in [1.807, 2.05) is 35.2 Å². The van der Waals surface area contributed by atoms with Gasteiger partial charge >= 0.3 is 0 Å². The van der Waals surface area contributed by atoms with Gasteiger partial charge in [0.1, 0.15) is 5.75 Å². The van der Waals surface area contributed by atoms with Gasteiger partial charge in [-0.05, 0) is 61.8 Å². The van der Waals surface area contributed by atoms with Gasteiger partial charge in [0.2, 0.25) is 5.91 Å². The Balaban J connectivity index is 1.39. The summed E-state index contributed by atoms with van der Waals surface area (Å²) in [5, 5.41) is 11.0. The van der Waals surface area contributed by atoms with E-state index >= 15 is 0 Å². The molecule has 1 amide bonds. The summed E-state index contributed by atoms with van der Waals surface area (Å²) in [6.07, 6.45) is 10.7. The van der Waals surface area contributed by atoms with Crippen LogP contribution in [0.3, 0.4) is 0 Å². The van der Waals surface area contributed by atoms with E-state index in [1.54, 1.807) is 23.5 Å². The summed E-state index contributed by atoms with van der Waals surface area (Å²) >= 11 is 1.68. The minimum atomic E-state index is 0.0656. The zero-order valence-electron chi connectivity index (χ0n) is 19.7. The Labute approximate surface area is 205 Å². The molecule has 1 aliphatic carbocycles. The molecule has 1 N–H and O–H groups in total. The van der Waals surface area contributed by atoms with Crippen LogP contribution in [0.4, 0.5) is 0 Å². The van der Waals surface area contributed by atoms with Crippen LogP contribution < -0.4 is 0 Å². The zero-order chi connectivity index (χ0) is 23.5. The summed E-state index contributed by atoms with van der Waals surface area (Å²) in [6, 6.07) is 13.2. The number of fused-ring (bicyclic) bond motifs is 1. The van der Waals surface area contributed by atoms with Crippen molar-refractivity contribution in [3.05, 3.63) is 64.0 Å². The largest absolute Gasteiger partial charge is 0.508 e. The van der Waals surface area contributed by atoms with Gasteiger partial charge < -0.3 is 10.0 Å². The lowest BCUT2D eigenvalue weighted by Crippen LogP contribution is -2.27. The normalized spacial score (nSPS) is 17.2. The van der Waals surface area contributed by atoms with Gasteiger partial charge in [-0.2, -0.15) is 0 Å². The van der Waals surface area contributed by atoms with Crippen molar-refractivity contribution < 1.29 is 14.7 Å². The molecule has 1 aromatic heterocycles. The number of carbonyl (C=O) groups is 2.